The standard InChI is InChI=1S/C5H9Ge/c6-5-3-1-2-4-5/h5H,1-4H2. The van der Waals surface area contributed by atoms with Crippen molar-refractivity contribution in [2.24, 2.45) is 0 Å². The Morgan fingerprint density at radius 1 is 1.17 bits per heavy atom. The first-order valence-corrected chi connectivity index (χ1v) is 3.82. The van der Waals surface area contributed by atoms with Gasteiger partial charge in [0, 0.05) is 0 Å². The number of hydrogen-bond acceptors (Lipinski definition) is 0. The first-order valence-electron chi connectivity index (χ1n) is 2.61. The second-order valence-corrected chi connectivity index (χ2v) is 3.69. The van der Waals surface area contributed by atoms with Gasteiger partial charge in [0.2, 0.25) is 0 Å². The summed E-state index contributed by atoms with van der Waals surface area (Å²) in [6, 6.07) is 0. The van der Waals surface area contributed by atoms with Gasteiger partial charge < -0.3 is 0 Å². The van der Waals surface area contributed by atoms with Crippen molar-refractivity contribution < 1.29 is 0 Å². The van der Waals surface area contributed by atoms with Crippen molar-refractivity contribution in [2.45, 2.75) is 30.4 Å². The quantitative estimate of drug-likeness (QED) is 0.449. The van der Waals surface area contributed by atoms with E-state index in [1.807, 2.05) is 0 Å². The molecule has 1 aliphatic carbocycles. The number of hydrogen-bond donors (Lipinski definition) is 0. The Kier molecular flexibility index (Phi) is 1.57. The van der Waals surface area contributed by atoms with E-state index in [1.165, 1.54) is 25.7 Å². The maximum absolute atomic E-state index is 2.34. The normalized spacial score (nSPS) is 25.5. The van der Waals surface area contributed by atoms with E-state index in [-0.39, 0.29) is 0 Å². The Morgan fingerprint density at radius 2 is 1.67 bits per heavy atom. The summed E-state index contributed by atoms with van der Waals surface area (Å²) >= 11 is 2.34. The van der Waals surface area contributed by atoms with Crippen LogP contribution in [0.15, 0.2) is 0 Å². The molecule has 0 atom stereocenters. The Hall–Kier alpha value is 0.543. The van der Waals surface area contributed by atoms with Gasteiger partial charge in [0.05, 0.1) is 0 Å². The summed E-state index contributed by atoms with van der Waals surface area (Å²) in [5.41, 5.74) is 0. The van der Waals surface area contributed by atoms with E-state index in [4.69, 9.17) is 0 Å². The van der Waals surface area contributed by atoms with Gasteiger partial charge in [-0.1, -0.05) is 0 Å². The molecule has 1 heteroatoms. The summed E-state index contributed by atoms with van der Waals surface area (Å²) < 4.78 is 1.05. The van der Waals surface area contributed by atoms with Gasteiger partial charge in [-0.15, -0.1) is 0 Å². The fourth-order valence-corrected chi connectivity index (χ4v) is 1.78. The van der Waals surface area contributed by atoms with E-state index in [1.54, 1.807) is 0 Å². The van der Waals surface area contributed by atoms with E-state index in [0.717, 1.165) is 4.75 Å². The molecular formula is C5H9Ge. The first kappa shape index (κ1) is 4.70. The molecule has 1 fully saturated rings. The van der Waals surface area contributed by atoms with Crippen LogP contribution in [-0.2, 0) is 0 Å². The van der Waals surface area contributed by atoms with Crippen LogP contribution in [0.2, 0.25) is 4.75 Å². The second kappa shape index (κ2) is 2.01. The molecule has 0 aromatic carbocycles. The van der Waals surface area contributed by atoms with Gasteiger partial charge in [0.25, 0.3) is 0 Å². The molecule has 0 aliphatic heterocycles. The van der Waals surface area contributed by atoms with Crippen molar-refractivity contribution in [3.63, 3.8) is 0 Å². The number of rotatable bonds is 0. The summed E-state index contributed by atoms with van der Waals surface area (Å²) in [6.45, 7) is 0. The molecule has 0 aromatic rings. The van der Waals surface area contributed by atoms with Gasteiger partial charge in [-0.25, -0.2) is 0 Å². The molecule has 0 saturated heterocycles. The van der Waals surface area contributed by atoms with Crippen LogP contribution in [0.1, 0.15) is 25.7 Å². The Bertz CT molecular complexity index is 37.2. The molecule has 0 N–H and O–H groups in total. The van der Waals surface area contributed by atoms with Crippen LogP contribution in [0.3, 0.4) is 0 Å². The fraction of sp³-hybridized carbons (Fsp3) is 1.00. The van der Waals surface area contributed by atoms with Crippen molar-refractivity contribution in [3.05, 3.63) is 0 Å². The predicted molar refractivity (Wildman–Crippen MR) is 28.0 cm³/mol. The van der Waals surface area contributed by atoms with E-state index >= 15 is 0 Å². The van der Waals surface area contributed by atoms with Crippen LogP contribution in [0.25, 0.3) is 0 Å². The molecule has 1 saturated carbocycles. The molecule has 3 radical (unpaired) electrons. The molecule has 1 rings (SSSR count). The maximum atomic E-state index is 2.34. The van der Waals surface area contributed by atoms with Gasteiger partial charge >= 0.3 is 46.9 Å². The van der Waals surface area contributed by atoms with Crippen LogP contribution in [0.4, 0.5) is 0 Å². The van der Waals surface area contributed by atoms with Crippen LogP contribution < -0.4 is 0 Å². The molecule has 6 heavy (non-hydrogen) atoms. The molecule has 0 heterocycles. The van der Waals surface area contributed by atoms with Crippen molar-refractivity contribution in [1.82, 2.24) is 0 Å². The molecule has 1 aliphatic rings. The molecule has 0 bridgehead atoms. The van der Waals surface area contributed by atoms with Gasteiger partial charge in [0.1, 0.15) is 0 Å². The van der Waals surface area contributed by atoms with Crippen molar-refractivity contribution in [1.29, 1.82) is 0 Å². The Balaban J connectivity index is 2.18. The van der Waals surface area contributed by atoms with Gasteiger partial charge in [-0.05, 0) is 0 Å². The van der Waals surface area contributed by atoms with Crippen LogP contribution in [0, 0.1) is 0 Å². The van der Waals surface area contributed by atoms with E-state index in [0.29, 0.717) is 0 Å². The van der Waals surface area contributed by atoms with Crippen LogP contribution >= 0.6 is 0 Å². The Morgan fingerprint density at radius 3 is 1.83 bits per heavy atom. The zero-order valence-corrected chi connectivity index (χ0v) is 6.00. The minimum absolute atomic E-state index is 1.05. The molecule has 0 unspecified atom stereocenters. The van der Waals surface area contributed by atoms with Crippen molar-refractivity contribution in [3.8, 4) is 0 Å². The summed E-state index contributed by atoms with van der Waals surface area (Å²) in [5.74, 6) is 0. The molecule has 0 amide bonds. The molecule has 0 aromatic heterocycles. The monoisotopic (exact) mass is 143 g/mol. The van der Waals surface area contributed by atoms with E-state index < -0.39 is 0 Å². The third kappa shape index (κ3) is 1.00. The van der Waals surface area contributed by atoms with Crippen LogP contribution in [-0.4, -0.2) is 16.5 Å². The van der Waals surface area contributed by atoms with Gasteiger partial charge in [-0.2, -0.15) is 0 Å². The van der Waals surface area contributed by atoms with E-state index in [2.05, 4.69) is 16.5 Å². The Labute approximate surface area is 47.5 Å². The summed E-state index contributed by atoms with van der Waals surface area (Å²) in [4.78, 5) is 0. The molecule has 0 spiro atoms. The molecule has 33 valence electrons. The van der Waals surface area contributed by atoms with Crippen molar-refractivity contribution in [2.75, 3.05) is 0 Å². The first-order chi connectivity index (χ1) is 2.89. The predicted octanol–water partition coefficient (Wildman–Crippen LogP) is 1.52. The third-order valence-electron chi connectivity index (χ3n) is 1.36. The van der Waals surface area contributed by atoms with Crippen molar-refractivity contribution >= 4 is 16.5 Å². The van der Waals surface area contributed by atoms with Gasteiger partial charge in [0.15, 0.2) is 0 Å². The summed E-state index contributed by atoms with van der Waals surface area (Å²) in [7, 11) is 0. The zero-order chi connectivity index (χ0) is 4.41. The topological polar surface area (TPSA) is 0 Å². The third-order valence-corrected chi connectivity index (χ3v) is 2.57. The second-order valence-electron chi connectivity index (χ2n) is 1.98. The summed E-state index contributed by atoms with van der Waals surface area (Å²) in [6.07, 6.45) is 5.95. The average molecular weight is 142 g/mol. The summed E-state index contributed by atoms with van der Waals surface area (Å²) in [5, 5.41) is 0. The minimum atomic E-state index is 1.05. The fourth-order valence-electron chi connectivity index (χ4n) is 0.926. The molecular weight excluding hydrogens is 133 g/mol. The average Bonchev–Trinajstić information content (AvgIpc) is 1.86. The van der Waals surface area contributed by atoms with Crippen LogP contribution in [0.5, 0.6) is 0 Å². The molecule has 0 nitrogen and oxygen atoms in total. The SMILES string of the molecule is [Ge][CH]1CCCC1. The zero-order valence-electron chi connectivity index (χ0n) is 3.91. The van der Waals surface area contributed by atoms with Gasteiger partial charge in [-0.3, -0.25) is 0 Å². The van der Waals surface area contributed by atoms with E-state index in [9.17, 15) is 0 Å².